The van der Waals surface area contributed by atoms with Gasteiger partial charge in [-0.05, 0) is 170 Å². The SMILES string of the molecule is [C-]#[N+]c1ccccc1-c1ccc2c(c1)c1cc(-c3ccccc3C#N)ccc1n2-c1ccc([N+]#[C-])c(-c2cc(-c3c(C)cccc3C(F)(F)F)ccc2-n2c3ccc(-c4ccccc4C#N)cc3c3cc(-c4ccccc4[N+]#[C-])ccc32)c1. The highest BCUT2D eigenvalue weighted by Gasteiger charge is 2.35. The van der Waals surface area contributed by atoms with E-state index in [4.69, 9.17) is 19.7 Å². The largest absolute Gasteiger partial charge is 0.417 e. The lowest BCUT2D eigenvalue weighted by Crippen LogP contribution is -2.08. The van der Waals surface area contributed by atoms with Crippen molar-refractivity contribution in [2.45, 2.75) is 13.1 Å². The Morgan fingerprint density at radius 3 is 1.28 bits per heavy atom. The van der Waals surface area contributed by atoms with Crippen LogP contribution < -0.4 is 0 Å². The van der Waals surface area contributed by atoms with Gasteiger partial charge in [0.05, 0.1) is 76.3 Å². The molecule has 0 N–H and O–H groups in total. The van der Waals surface area contributed by atoms with E-state index in [1.165, 1.54) is 6.07 Å². The highest BCUT2D eigenvalue weighted by atomic mass is 19.4. The number of halogens is 3. The van der Waals surface area contributed by atoms with E-state index in [1.807, 2.05) is 140 Å². The number of hydrogen-bond donors (Lipinski definition) is 0. The summed E-state index contributed by atoms with van der Waals surface area (Å²) in [4.78, 5) is 11.8. The summed E-state index contributed by atoms with van der Waals surface area (Å²) in [6, 6.07) is 73.6. The Morgan fingerprint density at radius 1 is 0.386 bits per heavy atom. The molecule has 10 heteroatoms. The van der Waals surface area contributed by atoms with Crippen LogP contribution >= 0.6 is 0 Å². The maximum absolute atomic E-state index is 15.2. The van der Waals surface area contributed by atoms with Crippen LogP contribution in [0.5, 0.6) is 0 Å². The molecule has 0 aliphatic heterocycles. The molecule has 13 aromatic rings. The maximum Gasteiger partial charge on any atom is 0.417 e. The van der Waals surface area contributed by atoms with Gasteiger partial charge >= 0.3 is 6.18 Å². The number of fused-ring (bicyclic) bond motifs is 6. The smallest absolute Gasteiger partial charge is 0.309 e. The Balaban J connectivity index is 1.11. The van der Waals surface area contributed by atoms with Gasteiger partial charge in [-0.2, -0.15) is 23.7 Å². The zero-order chi connectivity index (χ0) is 57.1. The summed E-state index contributed by atoms with van der Waals surface area (Å²) in [6.45, 7) is 26.4. The van der Waals surface area contributed by atoms with Crippen LogP contribution in [-0.4, -0.2) is 9.13 Å². The molecule has 7 nitrogen and oxygen atoms in total. The molecule has 0 radical (unpaired) electrons. The normalized spacial score (nSPS) is 11.3. The second kappa shape index (κ2) is 20.2. The Morgan fingerprint density at radius 2 is 0.807 bits per heavy atom. The van der Waals surface area contributed by atoms with Gasteiger partial charge in [0.2, 0.25) is 0 Å². The molecule has 0 aliphatic rings. The fraction of sp³-hybridized carbons (Fsp3) is 0.0274. The van der Waals surface area contributed by atoms with Crippen molar-refractivity contribution in [1.29, 1.82) is 10.5 Å². The van der Waals surface area contributed by atoms with Crippen LogP contribution in [0, 0.1) is 49.3 Å². The van der Waals surface area contributed by atoms with Crippen LogP contribution in [-0.2, 0) is 6.18 Å². The Labute approximate surface area is 475 Å². The number of para-hydroxylation sites is 2. The van der Waals surface area contributed by atoms with Crippen molar-refractivity contribution in [2.24, 2.45) is 0 Å². The number of aromatic nitrogens is 2. The number of aryl methyl sites for hydroxylation is 1. The Bertz CT molecular complexity index is 4890. The fourth-order valence-corrected chi connectivity index (χ4v) is 11.9. The van der Waals surface area contributed by atoms with Crippen molar-refractivity contribution < 1.29 is 13.2 Å². The maximum atomic E-state index is 15.2. The molecule has 2 heterocycles. The van der Waals surface area contributed by atoms with E-state index in [1.54, 1.807) is 55.5 Å². The van der Waals surface area contributed by atoms with Gasteiger partial charge in [-0.25, -0.2) is 14.5 Å². The molecule has 11 aromatic carbocycles. The summed E-state index contributed by atoms with van der Waals surface area (Å²) >= 11 is 0. The number of rotatable bonds is 8. The van der Waals surface area contributed by atoms with Crippen LogP contribution in [0.4, 0.5) is 30.2 Å². The van der Waals surface area contributed by atoms with E-state index < -0.39 is 11.7 Å². The van der Waals surface area contributed by atoms with Crippen LogP contribution in [0.25, 0.3) is 136 Å². The minimum atomic E-state index is -4.69. The molecule has 0 aliphatic carbocycles. The van der Waals surface area contributed by atoms with Crippen LogP contribution in [0.3, 0.4) is 0 Å². The van der Waals surface area contributed by atoms with E-state index in [2.05, 4.69) is 60.1 Å². The second-order valence-electron chi connectivity index (χ2n) is 20.2. The second-order valence-corrected chi connectivity index (χ2v) is 20.2. The average Bonchev–Trinajstić information content (AvgIpc) is 4.25. The topological polar surface area (TPSA) is 70.5 Å². The Hall–Kier alpha value is -11.7. The standard InChI is InChI=1S/C73H40F3N7/c1-44-14-13-21-63(73(74,75)76)72(44)49-28-35-69(83-70-33-25-46(54-18-8-6-16-51(54)43-78)37-61(70)62-39-48(27-34-71(62)83)56-20-10-12-23-65(56)80-3)58(40-49)57-41-52(29-30-66(57)81-4)82-67-31-24-45(53-17-7-5-15-50(53)42-77)36-59(67)60-38-47(26-32-68(60)82)55-19-9-11-22-64(55)79-2/h5-41H,1H3. The van der Waals surface area contributed by atoms with Crippen molar-refractivity contribution in [1.82, 2.24) is 9.13 Å². The molecule has 0 amide bonds. The van der Waals surface area contributed by atoms with Gasteiger partial charge in [-0.3, -0.25) is 0 Å². The summed E-state index contributed by atoms with van der Waals surface area (Å²) in [5, 5.41) is 23.8. The lowest BCUT2D eigenvalue weighted by molar-refractivity contribution is -0.137. The quantitative estimate of drug-likeness (QED) is 0.142. The average molecular weight is 1070 g/mol. The summed E-state index contributed by atoms with van der Waals surface area (Å²) < 4.78 is 49.8. The van der Waals surface area contributed by atoms with Gasteiger partial charge in [0.1, 0.15) is 0 Å². The third-order valence-electron chi connectivity index (χ3n) is 15.7. The first kappa shape index (κ1) is 50.7. The van der Waals surface area contributed by atoms with Gasteiger partial charge in [0, 0.05) is 27.2 Å². The van der Waals surface area contributed by atoms with Crippen molar-refractivity contribution in [3.8, 4) is 90.3 Å². The molecule has 0 spiro atoms. The predicted molar refractivity (Wildman–Crippen MR) is 326 cm³/mol. The monoisotopic (exact) mass is 1070 g/mol. The molecule has 83 heavy (non-hydrogen) atoms. The lowest BCUT2D eigenvalue weighted by atomic mass is 9.91. The third kappa shape index (κ3) is 8.50. The molecule has 13 rings (SSSR count). The van der Waals surface area contributed by atoms with E-state index in [9.17, 15) is 10.5 Å². The highest BCUT2D eigenvalue weighted by molar-refractivity contribution is 6.14. The van der Waals surface area contributed by atoms with Crippen LogP contribution in [0.15, 0.2) is 224 Å². The molecule has 0 bridgehead atoms. The zero-order valence-corrected chi connectivity index (χ0v) is 44.1. The van der Waals surface area contributed by atoms with Gasteiger partial charge in [0.15, 0.2) is 17.1 Å². The van der Waals surface area contributed by atoms with Gasteiger partial charge in [-0.1, -0.05) is 133 Å². The van der Waals surface area contributed by atoms with Crippen molar-refractivity contribution in [3.63, 3.8) is 0 Å². The minimum absolute atomic E-state index is 0.0196. The minimum Gasteiger partial charge on any atom is -0.309 e. The lowest BCUT2D eigenvalue weighted by Gasteiger charge is -2.20. The molecule has 0 fully saturated rings. The molecule has 388 valence electrons. The number of nitrogens with zero attached hydrogens (tertiary/aromatic N) is 7. The fourth-order valence-electron chi connectivity index (χ4n) is 11.9. The van der Waals surface area contributed by atoms with E-state index >= 15 is 13.2 Å². The molecule has 0 saturated carbocycles. The number of alkyl halides is 3. The number of benzene rings is 11. The Kier molecular flexibility index (Phi) is 12.3. The first-order chi connectivity index (χ1) is 40.5. The van der Waals surface area contributed by atoms with E-state index in [-0.39, 0.29) is 11.3 Å². The first-order valence-electron chi connectivity index (χ1n) is 26.4. The molecule has 0 atom stereocenters. The van der Waals surface area contributed by atoms with Crippen molar-refractivity contribution in [3.05, 3.63) is 281 Å². The first-order valence-corrected chi connectivity index (χ1v) is 26.4. The summed E-state index contributed by atoms with van der Waals surface area (Å²) in [7, 11) is 0. The van der Waals surface area contributed by atoms with Crippen molar-refractivity contribution >= 4 is 60.7 Å². The molecular formula is C73H40F3N7. The van der Waals surface area contributed by atoms with Crippen LogP contribution in [0.2, 0.25) is 0 Å². The number of hydrogen-bond acceptors (Lipinski definition) is 2. The van der Waals surface area contributed by atoms with Gasteiger partial charge < -0.3 is 9.13 Å². The van der Waals surface area contributed by atoms with Gasteiger partial charge in [0.25, 0.3) is 0 Å². The molecule has 0 saturated heterocycles. The number of nitriles is 2. The van der Waals surface area contributed by atoms with Crippen LogP contribution in [0.1, 0.15) is 22.3 Å². The highest BCUT2D eigenvalue weighted by Crippen LogP contribution is 2.48. The van der Waals surface area contributed by atoms with Crippen molar-refractivity contribution in [2.75, 3.05) is 0 Å². The predicted octanol–water partition coefficient (Wildman–Crippen LogP) is 20.6. The van der Waals surface area contributed by atoms with Gasteiger partial charge in [-0.15, -0.1) is 0 Å². The summed E-state index contributed by atoms with van der Waals surface area (Å²) in [5.41, 5.74) is 13.9. The van der Waals surface area contributed by atoms with E-state index in [0.717, 1.165) is 94.2 Å². The molecular weight excluding hydrogens is 1030 g/mol. The molecule has 2 aromatic heterocycles. The van der Waals surface area contributed by atoms with E-state index in [0.29, 0.717) is 56.1 Å². The zero-order valence-electron chi connectivity index (χ0n) is 44.1. The molecule has 0 unspecified atom stereocenters. The third-order valence-corrected chi connectivity index (χ3v) is 15.7. The summed E-state index contributed by atoms with van der Waals surface area (Å²) in [6.07, 6.45) is -4.69. The summed E-state index contributed by atoms with van der Waals surface area (Å²) in [5.74, 6) is 0.